The highest BCUT2D eigenvalue weighted by Crippen LogP contribution is 2.19. The molecule has 0 aliphatic heterocycles. The smallest absolute Gasteiger partial charge is 0.322 e. The topological polar surface area (TPSA) is 50.2 Å². The molecule has 1 heterocycles. The van der Waals surface area contributed by atoms with Crippen LogP contribution in [0.1, 0.15) is 5.82 Å². The number of carbonyl (C=O) groups excluding carboxylic acids is 1. The first kappa shape index (κ1) is 14.8. The molecule has 0 aliphatic rings. The summed E-state index contributed by atoms with van der Waals surface area (Å²) in [5.41, 5.74) is 2.63. The summed E-state index contributed by atoms with van der Waals surface area (Å²) in [5.74, 6) is 0.938. The van der Waals surface area contributed by atoms with Crippen molar-refractivity contribution >= 4 is 22.8 Å². The van der Waals surface area contributed by atoms with Crippen LogP contribution in [0, 0.1) is 6.92 Å². The Labute approximate surface area is 124 Å². The Kier molecular flexibility index (Phi) is 4.42. The summed E-state index contributed by atoms with van der Waals surface area (Å²) < 4.78 is 2.02. The largest absolute Gasteiger partial charge is 0.331 e. The molecule has 1 aromatic carbocycles. The normalized spacial score (nSPS) is 10.4. The van der Waals surface area contributed by atoms with Crippen LogP contribution in [0.15, 0.2) is 43.5 Å². The second-order valence-electron chi connectivity index (χ2n) is 4.83. The molecular formula is C16H20N4O. The van der Waals surface area contributed by atoms with Crippen LogP contribution in [0.4, 0.5) is 10.5 Å². The van der Waals surface area contributed by atoms with Gasteiger partial charge in [-0.25, -0.2) is 9.78 Å². The number of amides is 2. The Balaban J connectivity index is 2.20. The number of rotatable bonds is 5. The highest BCUT2D eigenvalue weighted by Gasteiger charge is 2.11. The molecule has 0 aliphatic carbocycles. The van der Waals surface area contributed by atoms with E-state index in [1.807, 2.05) is 36.7 Å². The van der Waals surface area contributed by atoms with Gasteiger partial charge in [-0.05, 0) is 25.1 Å². The van der Waals surface area contributed by atoms with E-state index in [2.05, 4.69) is 23.5 Å². The number of nitrogens with one attached hydrogen (secondary N) is 1. The van der Waals surface area contributed by atoms with Crippen molar-refractivity contribution in [2.45, 2.75) is 6.92 Å². The van der Waals surface area contributed by atoms with E-state index >= 15 is 0 Å². The second-order valence-corrected chi connectivity index (χ2v) is 4.83. The molecule has 110 valence electrons. The lowest BCUT2D eigenvalue weighted by molar-refractivity contribution is 0.222. The van der Waals surface area contributed by atoms with Crippen molar-refractivity contribution < 1.29 is 4.79 Å². The Morgan fingerprint density at radius 3 is 2.67 bits per heavy atom. The number of benzene rings is 1. The highest BCUT2D eigenvalue weighted by molar-refractivity contribution is 5.92. The lowest BCUT2D eigenvalue weighted by Gasteiger charge is -2.19. The van der Waals surface area contributed by atoms with Crippen LogP contribution in [0.5, 0.6) is 0 Å². The van der Waals surface area contributed by atoms with Gasteiger partial charge in [-0.2, -0.15) is 0 Å². The highest BCUT2D eigenvalue weighted by atomic mass is 16.2. The monoisotopic (exact) mass is 284 g/mol. The van der Waals surface area contributed by atoms with Crippen molar-refractivity contribution in [2.24, 2.45) is 7.05 Å². The van der Waals surface area contributed by atoms with Crippen molar-refractivity contribution in [3.05, 3.63) is 49.3 Å². The predicted octanol–water partition coefficient (Wildman–Crippen LogP) is 3.09. The Bertz CT molecular complexity index is 677. The van der Waals surface area contributed by atoms with Crippen LogP contribution < -0.4 is 5.32 Å². The van der Waals surface area contributed by atoms with Crippen LogP contribution in [-0.4, -0.2) is 33.6 Å². The van der Waals surface area contributed by atoms with E-state index in [4.69, 9.17) is 0 Å². The van der Waals surface area contributed by atoms with E-state index in [1.54, 1.807) is 17.1 Å². The fraction of sp³-hybridized carbons (Fsp3) is 0.250. The third-order valence-electron chi connectivity index (χ3n) is 3.34. The number of anilines is 1. The summed E-state index contributed by atoms with van der Waals surface area (Å²) in [7, 11) is 1.97. The number of carbonyl (C=O) groups is 1. The third kappa shape index (κ3) is 3.13. The summed E-state index contributed by atoms with van der Waals surface area (Å²) in [6, 6.07) is 5.53. The molecule has 1 aromatic heterocycles. The van der Waals surface area contributed by atoms with Crippen LogP contribution >= 0.6 is 0 Å². The maximum absolute atomic E-state index is 12.2. The first-order chi connectivity index (χ1) is 10.1. The number of imidazole rings is 1. The summed E-state index contributed by atoms with van der Waals surface area (Å²) in [5, 5.41) is 2.87. The van der Waals surface area contributed by atoms with Gasteiger partial charge in [-0.15, -0.1) is 13.2 Å². The number of hydrogen-bond acceptors (Lipinski definition) is 2. The first-order valence-electron chi connectivity index (χ1n) is 6.77. The fourth-order valence-corrected chi connectivity index (χ4v) is 2.15. The molecule has 0 atom stereocenters. The van der Waals surface area contributed by atoms with Crippen LogP contribution in [0.3, 0.4) is 0 Å². The predicted molar refractivity (Wildman–Crippen MR) is 86.4 cm³/mol. The standard InChI is InChI=1S/C16H20N4O/c1-5-9-20(10-6-2)16(21)18-13-7-8-15-14(11-13)17-12(3)19(15)4/h5-8,11H,1-2,9-10H2,3-4H3,(H,18,21). The Morgan fingerprint density at radius 2 is 2.05 bits per heavy atom. The number of aromatic nitrogens is 2. The van der Waals surface area contributed by atoms with E-state index in [9.17, 15) is 4.79 Å². The molecule has 0 saturated heterocycles. The second kappa shape index (κ2) is 6.26. The molecule has 1 N–H and O–H groups in total. The van der Waals surface area contributed by atoms with Gasteiger partial charge in [-0.1, -0.05) is 12.2 Å². The van der Waals surface area contributed by atoms with Crippen LogP contribution in [0.2, 0.25) is 0 Å². The zero-order valence-electron chi connectivity index (χ0n) is 12.5. The molecule has 2 aromatic rings. The summed E-state index contributed by atoms with van der Waals surface area (Å²) >= 11 is 0. The van der Waals surface area contributed by atoms with Gasteiger partial charge < -0.3 is 14.8 Å². The molecule has 2 amide bonds. The van der Waals surface area contributed by atoms with Crippen molar-refractivity contribution in [1.29, 1.82) is 0 Å². The van der Waals surface area contributed by atoms with Gasteiger partial charge in [-0.3, -0.25) is 0 Å². The molecule has 0 radical (unpaired) electrons. The minimum atomic E-state index is -0.179. The lowest BCUT2D eigenvalue weighted by atomic mass is 10.2. The van der Waals surface area contributed by atoms with Gasteiger partial charge in [0.15, 0.2) is 0 Å². The first-order valence-corrected chi connectivity index (χ1v) is 6.77. The number of hydrogen-bond donors (Lipinski definition) is 1. The summed E-state index contributed by atoms with van der Waals surface area (Å²) in [6.07, 6.45) is 3.38. The maximum Gasteiger partial charge on any atom is 0.322 e. The summed E-state index contributed by atoms with van der Waals surface area (Å²) in [6.45, 7) is 10.2. The van der Waals surface area contributed by atoms with Crippen molar-refractivity contribution in [3.8, 4) is 0 Å². The molecular weight excluding hydrogens is 264 g/mol. The molecule has 0 spiro atoms. The molecule has 0 bridgehead atoms. The maximum atomic E-state index is 12.2. The zero-order valence-corrected chi connectivity index (χ0v) is 12.5. The SMILES string of the molecule is C=CCN(CC=C)C(=O)Nc1ccc2c(c1)nc(C)n2C. The van der Waals surface area contributed by atoms with Crippen molar-refractivity contribution in [1.82, 2.24) is 14.5 Å². The van der Waals surface area contributed by atoms with Gasteiger partial charge in [0, 0.05) is 25.8 Å². The van der Waals surface area contributed by atoms with Crippen LogP contribution in [0.25, 0.3) is 11.0 Å². The average molecular weight is 284 g/mol. The zero-order chi connectivity index (χ0) is 15.4. The van der Waals surface area contributed by atoms with Gasteiger partial charge >= 0.3 is 6.03 Å². The van der Waals surface area contributed by atoms with E-state index in [1.165, 1.54) is 0 Å². The number of nitrogens with zero attached hydrogens (tertiary/aromatic N) is 3. The van der Waals surface area contributed by atoms with Gasteiger partial charge in [0.2, 0.25) is 0 Å². The lowest BCUT2D eigenvalue weighted by Crippen LogP contribution is -2.35. The van der Waals surface area contributed by atoms with Gasteiger partial charge in [0.1, 0.15) is 5.82 Å². The minimum Gasteiger partial charge on any atom is -0.331 e. The molecule has 5 heteroatoms. The van der Waals surface area contributed by atoms with E-state index in [0.717, 1.165) is 22.5 Å². The Morgan fingerprint density at radius 1 is 1.38 bits per heavy atom. The van der Waals surface area contributed by atoms with E-state index in [0.29, 0.717) is 13.1 Å². The minimum absolute atomic E-state index is 0.179. The van der Waals surface area contributed by atoms with E-state index in [-0.39, 0.29) is 6.03 Å². The van der Waals surface area contributed by atoms with Crippen molar-refractivity contribution in [3.63, 3.8) is 0 Å². The molecule has 2 rings (SSSR count). The average Bonchev–Trinajstić information content (AvgIpc) is 2.73. The van der Waals surface area contributed by atoms with Gasteiger partial charge in [0.25, 0.3) is 0 Å². The number of urea groups is 1. The molecule has 5 nitrogen and oxygen atoms in total. The Hall–Kier alpha value is -2.56. The quantitative estimate of drug-likeness (QED) is 0.858. The molecule has 0 fully saturated rings. The number of aryl methyl sites for hydroxylation is 2. The van der Waals surface area contributed by atoms with Crippen molar-refractivity contribution in [2.75, 3.05) is 18.4 Å². The van der Waals surface area contributed by atoms with E-state index < -0.39 is 0 Å². The van der Waals surface area contributed by atoms with Crippen LogP contribution in [-0.2, 0) is 7.05 Å². The van der Waals surface area contributed by atoms with Gasteiger partial charge in [0.05, 0.1) is 11.0 Å². The number of fused-ring (bicyclic) bond motifs is 1. The molecule has 21 heavy (non-hydrogen) atoms. The fourth-order valence-electron chi connectivity index (χ4n) is 2.15. The molecule has 0 unspecified atom stereocenters. The molecule has 0 saturated carbocycles. The summed E-state index contributed by atoms with van der Waals surface area (Å²) in [4.78, 5) is 18.3. The third-order valence-corrected chi connectivity index (χ3v) is 3.34.